The molecule has 0 unspecified atom stereocenters. The molecule has 0 fully saturated rings. The fourth-order valence-electron chi connectivity index (χ4n) is 2.40. The summed E-state index contributed by atoms with van der Waals surface area (Å²) in [5.74, 6) is 0.445. The Morgan fingerprint density at radius 3 is 2.42 bits per heavy atom. The first-order valence-electron chi connectivity index (χ1n) is 8.36. The van der Waals surface area contributed by atoms with E-state index in [4.69, 9.17) is 4.42 Å². The quantitative estimate of drug-likeness (QED) is 0.661. The van der Waals surface area contributed by atoms with Crippen molar-refractivity contribution in [3.05, 3.63) is 71.6 Å². The van der Waals surface area contributed by atoms with Gasteiger partial charge >= 0.3 is 0 Å². The van der Waals surface area contributed by atoms with Crippen LogP contribution in [0, 0.1) is 6.92 Å². The SMILES string of the molecule is Cc1ccc(C(=O)CCC(=O)NCc2nnc(-c3ccccc3)o2)cc1. The Hall–Kier alpha value is -3.28. The van der Waals surface area contributed by atoms with E-state index in [-0.39, 0.29) is 31.1 Å². The fraction of sp³-hybridized carbons (Fsp3) is 0.200. The number of carbonyl (C=O) groups is 2. The van der Waals surface area contributed by atoms with Crippen molar-refractivity contribution in [2.45, 2.75) is 26.3 Å². The predicted octanol–water partition coefficient (Wildman–Crippen LogP) is 3.32. The highest BCUT2D eigenvalue weighted by Gasteiger charge is 2.12. The van der Waals surface area contributed by atoms with Gasteiger partial charge in [0, 0.05) is 24.0 Å². The van der Waals surface area contributed by atoms with Crippen LogP contribution in [0.4, 0.5) is 0 Å². The molecule has 0 saturated carbocycles. The van der Waals surface area contributed by atoms with Crippen molar-refractivity contribution in [1.29, 1.82) is 0 Å². The topological polar surface area (TPSA) is 85.1 Å². The molecule has 26 heavy (non-hydrogen) atoms. The van der Waals surface area contributed by atoms with Crippen LogP contribution in [0.3, 0.4) is 0 Å². The van der Waals surface area contributed by atoms with Gasteiger partial charge in [-0.25, -0.2) is 0 Å². The fourth-order valence-corrected chi connectivity index (χ4v) is 2.40. The molecule has 0 aliphatic rings. The minimum atomic E-state index is -0.232. The monoisotopic (exact) mass is 349 g/mol. The molecule has 0 radical (unpaired) electrons. The number of amides is 1. The predicted molar refractivity (Wildman–Crippen MR) is 96.3 cm³/mol. The highest BCUT2D eigenvalue weighted by Crippen LogP contribution is 2.16. The molecule has 1 amide bonds. The van der Waals surface area contributed by atoms with Gasteiger partial charge in [0.25, 0.3) is 0 Å². The van der Waals surface area contributed by atoms with Gasteiger partial charge in [0.1, 0.15) is 0 Å². The van der Waals surface area contributed by atoms with E-state index < -0.39 is 0 Å². The van der Waals surface area contributed by atoms with Gasteiger partial charge in [-0.1, -0.05) is 48.0 Å². The van der Waals surface area contributed by atoms with Gasteiger partial charge in [0.2, 0.25) is 17.7 Å². The molecule has 0 atom stereocenters. The summed E-state index contributed by atoms with van der Waals surface area (Å²) in [6.07, 6.45) is 0.278. The Labute approximate surface area is 151 Å². The van der Waals surface area contributed by atoms with E-state index in [1.807, 2.05) is 49.4 Å². The Balaban J connectivity index is 1.46. The summed E-state index contributed by atoms with van der Waals surface area (Å²) in [7, 11) is 0. The first-order chi connectivity index (χ1) is 12.6. The van der Waals surface area contributed by atoms with Crippen LogP contribution in [-0.4, -0.2) is 21.9 Å². The van der Waals surface area contributed by atoms with Gasteiger partial charge in [0.15, 0.2) is 5.78 Å². The van der Waals surface area contributed by atoms with Crippen molar-refractivity contribution in [3.8, 4) is 11.5 Å². The lowest BCUT2D eigenvalue weighted by molar-refractivity contribution is -0.121. The van der Waals surface area contributed by atoms with Crippen LogP contribution in [-0.2, 0) is 11.3 Å². The molecule has 1 N–H and O–H groups in total. The van der Waals surface area contributed by atoms with Crippen LogP contribution in [0.2, 0.25) is 0 Å². The van der Waals surface area contributed by atoms with E-state index in [1.165, 1.54) is 0 Å². The van der Waals surface area contributed by atoms with Gasteiger partial charge in [0.05, 0.1) is 6.54 Å². The Morgan fingerprint density at radius 1 is 0.962 bits per heavy atom. The summed E-state index contributed by atoms with van der Waals surface area (Å²) < 4.78 is 5.52. The van der Waals surface area contributed by atoms with Crippen molar-refractivity contribution in [2.75, 3.05) is 0 Å². The maximum atomic E-state index is 12.1. The molecule has 6 heteroatoms. The van der Waals surface area contributed by atoms with E-state index >= 15 is 0 Å². The molecule has 0 spiro atoms. The maximum Gasteiger partial charge on any atom is 0.247 e. The third-order valence-electron chi connectivity index (χ3n) is 3.88. The van der Waals surface area contributed by atoms with Crippen LogP contribution < -0.4 is 5.32 Å². The minimum absolute atomic E-state index is 0.0516. The first kappa shape index (κ1) is 17.5. The van der Waals surface area contributed by atoms with E-state index in [9.17, 15) is 9.59 Å². The first-order valence-corrected chi connectivity index (χ1v) is 8.36. The second-order valence-corrected chi connectivity index (χ2v) is 5.93. The van der Waals surface area contributed by atoms with Gasteiger partial charge in [-0.05, 0) is 19.1 Å². The number of nitrogens with one attached hydrogen (secondary N) is 1. The van der Waals surface area contributed by atoms with E-state index in [0.717, 1.165) is 11.1 Å². The van der Waals surface area contributed by atoms with E-state index in [2.05, 4.69) is 15.5 Å². The van der Waals surface area contributed by atoms with E-state index in [1.54, 1.807) is 12.1 Å². The number of aryl methyl sites for hydroxylation is 1. The highest BCUT2D eigenvalue weighted by molar-refractivity contribution is 5.97. The number of aromatic nitrogens is 2. The lowest BCUT2D eigenvalue weighted by Gasteiger charge is -2.03. The summed E-state index contributed by atoms with van der Waals surface area (Å²) >= 11 is 0. The van der Waals surface area contributed by atoms with Gasteiger partial charge in [-0.3, -0.25) is 9.59 Å². The normalized spacial score (nSPS) is 10.5. The van der Waals surface area contributed by atoms with Crippen molar-refractivity contribution in [2.24, 2.45) is 0 Å². The average molecular weight is 349 g/mol. The molecule has 1 aromatic heterocycles. The molecular formula is C20H19N3O3. The van der Waals surface area contributed by atoms with Gasteiger partial charge in [-0.15, -0.1) is 10.2 Å². The zero-order valence-electron chi connectivity index (χ0n) is 14.4. The van der Waals surface area contributed by atoms with Crippen molar-refractivity contribution in [3.63, 3.8) is 0 Å². The second kappa shape index (κ2) is 8.20. The molecule has 1 heterocycles. The molecule has 0 aliphatic carbocycles. The van der Waals surface area contributed by atoms with Gasteiger partial charge in [-0.2, -0.15) is 0 Å². The van der Waals surface area contributed by atoms with Crippen molar-refractivity contribution < 1.29 is 14.0 Å². The number of hydrogen-bond donors (Lipinski definition) is 1. The number of hydrogen-bond acceptors (Lipinski definition) is 5. The van der Waals surface area contributed by atoms with Crippen LogP contribution in [0.5, 0.6) is 0 Å². The van der Waals surface area contributed by atoms with Crippen LogP contribution >= 0.6 is 0 Å². The van der Waals surface area contributed by atoms with Crippen molar-refractivity contribution in [1.82, 2.24) is 15.5 Å². The zero-order chi connectivity index (χ0) is 18.4. The lowest BCUT2D eigenvalue weighted by Crippen LogP contribution is -2.23. The van der Waals surface area contributed by atoms with Crippen LogP contribution in [0.25, 0.3) is 11.5 Å². The average Bonchev–Trinajstić information content (AvgIpc) is 3.15. The van der Waals surface area contributed by atoms with Crippen LogP contribution in [0.15, 0.2) is 59.0 Å². The van der Waals surface area contributed by atoms with E-state index in [0.29, 0.717) is 17.3 Å². The summed E-state index contributed by atoms with van der Waals surface area (Å²) in [5.41, 5.74) is 2.53. The van der Waals surface area contributed by atoms with Crippen molar-refractivity contribution >= 4 is 11.7 Å². The number of nitrogens with zero attached hydrogens (tertiary/aromatic N) is 2. The van der Waals surface area contributed by atoms with Crippen LogP contribution in [0.1, 0.15) is 34.7 Å². The zero-order valence-corrected chi connectivity index (χ0v) is 14.4. The standard InChI is InChI=1S/C20H19N3O3/c1-14-7-9-15(10-8-14)17(24)11-12-18(25)21-13-19-22-23-20(26-19)16-5-3-2-4-6-16/h2-10H,11-13H2,1H3,(H,21,25). The number of carbonyl (C=O) groups excluding carboxylic acids is 2. The molecular weight excluding hydrogens is 330 g/mol. The Morgan fingerprint density at radius 2 is 1.69 bits per heavy atom. The number of benzene rings is 2. The second-order valence-electron chi connectivity index (χ2n) is 5.93. The number of ketones is 1. The van der Waals surface area contributed by atoms with Gasteiger partial charge < -0.3 is 9.73 Å². The summed E-state index contributed by atoms with van der Waals surface area (Å²) in [6.45, 7) is 2.10. The Bertz CT molecular complexity index is 886. The molecule has 3 rings (SSSR count). The third-order valence-corrected chi connectivity index (χ3v) is 3.88. The summed E-state index contributed by atoms with van der Waals surface area (Å²) in [5, 5.41) is 10.6. The highest BCUT2D eigenvalue weighted by atomic mass is 16.4. The largest absolute Gasteiger partial charge is 0.419 e. The molecule has 3 aromatic rings. The molecule has 132 valence electrons. The number of rotatable bonds is 7. The number of Topliss-reactive ketones (excluding diaryl/α,β-unsaturated/α-hetero) is 1. The maximum absolute atomic E-state index is 12.1. The molecule has 0 saturated heterocycles. The summed E-state index contributed by atoms with van der Waals surface area (Å²) in [4.78, 5) is 24.0. The minimum Gasteiger partial charge on any atom is -0.419 e. The molecule has 0 aliphatic heterocycles. The molecule has 2 aromatic carbocycles. The lowest BCUT2D eigenvalue weighted by atomic mass is 10.1. The third kappa shape index (κ3) is 4.63. The smallest absolute Gasteiger partial charge is 0.247 e. The molecule has 6 nitrogen and oxygen atoms in total. The Kier molecular flexibility index (Phi) is 5.53. The molecule has 0 bridgehead atoms. The summed E-state index contributed by atoms with van der Waals surface area (Å²) in [6, 6.07) is 16.7.